The van der Waals surface area contributed by atoms with E-state index >= 15 is 0 Å². The molecule has 7 nitrogen and oxygen atoms in total. The van der Waals surface area contributed by atoms with Crippen LogP contribution in [-0.2, 0) is 4.79 Å². The van der Waals surface area contributed by atoms with Gasteiger partial charge in [-0.15, -0.1) is 0 Å². The van der Waals surface area contributed by atoms with E-state index in [-0.39, 0.29) is 17.7 Å². The molecule has 0 bridgehead atoms. The van der Waals surface area contributed by atoms with E-state index in [1.165, 1.54) is 12.8 Å². The summed E-state index contributed by atoms with van der Waals surface area (Å²) >= 11 is 0. The van der Waals surface area contributed by atoms with Crippen LogP contribution in [0.25, 0.3) is 10.9 Å². The molecule has 4 aromatic rings. The van der Waals surface area contributed by atoms with Crippen LogP contribution in [0, 0.1) is 0 Å². The molecule has 3 heterocycles. The summed E-state index contributed by atoms with van der Waals surface area (Å²) in [5.41, 5.74) is 4.68. The summed E-state index contributed by atoms with van der Waals surface area (Å²) in [4.78, 5) is 31.0. The maximum atomic E-state index is 13.7. The van der Waals surface area contributed by atoms with Gasteiger partial charge in [0.25, 0.3) is 5.91 Å². The minimum atomic E-state index is -0.151. The van der Waals surface area contributed by atoms with E-state index in [0.29, 0.717) is 37.9 Å². The Morgan fingerprint density at radius 2 is 1.76 bits per heavy atom. The first-order valence-corrected chi connectivity index (χ1v) is 15.3. The molecule has 0 radical (unpaired) electrons. The molecule has 0 aliphatic carbocycles. The first-order chi connectivity index (χ1) is 20.7. The number of fused-ring (bicyclic) bond motifs is 1. The maximum Gasteiger partial charge on any atom is 0.268 e. The van der Waals surface area contributed by atoms with Gasteiger partial charge < -0.3 is 25.3 Å². The van der Waals surface area contributed by atoms with Gasteiger partial charge in [-0.1, -0.05) is 60.7 Å². The van der Waals surface area contributed by atoms with Gasteiger partial charge in [0.05, 0.1) is 6.61 Å². The number of nitrogens with zero attached hydrogens (tertiary/aromatic N) is 1. The second kappa shape index (κ2) is 13.3. The number of amides is 2. The number of hydrogen-bond donors (Lipinski definition) is 3. The Balaban J connectivity index is 1.25. The molecule has 2 amide bonds. The number of carbonyl (C=O) groups is 2. The molecule has 2 aliphatic rings. The van der Waals surface area contributed by atoms with Crippen molar-refractivity contribution >= 4 is 22.7 Å². The molecule has 2 saturated heterocycles. The quantitative estimate of drug-likeness (QED) is 0.195. The Bertz CT molecular complexity index is 1490. The molecule has 3 aromatic carbocycles. The molecule has 7 heteroatoms. The van der Waals surface area contributed by atoms with Crippen LogP contribution in [0.2, 0.25) is 0 Å². The van der Waals surface area contributed by atoms with Gasteiger partial charge in [-0.25, -0.2) is 0 Å². The number of likely N-dealkylation sites (tertiary alicyclic amines) is 1. The van der Waals surface area contributed by atoms with Crippen LogP contribution in [0.1, 0.15) is 71.6 Å². The Kier molecular flexibility index (Phi) is 8.85. The number of nitrogens with one attached hydrogen (secondary N) is 3. The summed E-state index contributed by atoms with van der Waals surface area (Å²) in [5, 5.41) is 7.68. The molecule has 2 aliphatic heterocycles. The molecule has 2 unspecified atom stereocenters. The van der Waals surface area contributed by atoms with Crippen molar-refractivity contribution in [2.75, 3.05) is 32.8 Å². The first kappa shape index (κ1) is 28.0. The standard InChI is InChI=1S/C35H40N4O3/c40-31-14-7-22-39(31)23-8-21-37-35(41)34-33(29-12-4-5-13-30(29)38-34)32(25-9-2-1-3-10-25)26-15-17-28(18-16-26)42-24-19-27-11-6-20-36-27/h1-5,9-10,12-13,15-18,27,32,36,38H,6-8,11,14,19-24H2,(H,37,41). The SMILES string of the molecule is O=C(NCCCN1CCCC1=O)c1[nH]c2ccccc2c1C(c1ccccc1)c1ccc(OCCC2CCCN2)cc1. The third-order valence-electron chi connectivity index (χ3n) is 8.57. The van der Waals surface area contributed by atoms with Crippen LogP contribution in [0.15, 0.2) is 78.9 Å². The van der Waals surface area contributed by atoms with E-state index < -0.39 is 0 Å². The lowest BCUT2D eigenvalue weighted by Gasteiger charge is -2.21. The molecular weight excluding hydrogens is 524 g/mol. The molecule has 6 rings (SSSR count). The summed E-state index contributed by atoms with van der Waals surface area (Å²) in [7, 11) is 0. The lowest BCUT2D eigenvalue weighted by Crippen LogP contribution is -2.31. The van der Waals surface area contributed by atoms with E-state index in [1.54, 1.807) is 0 Å². The van der Waals surface area contributed by atoms with Crippen LogP contribution >= 0.6 is 0 Å². The lowest BCUT2D eigenvalue weighted by atomic mass is 9.83. The smallest absolute Gasteiger partial charge is 0.268 e. The van der Waals surface area contributed by atoms with Gasteiger partial charge in [0, 0.05) is 54.5 Å². The average molecular weight is 565 g/mol. The van der Waals surface area contributed by atoms with Crippen molar-refractivity contribution in [1.82, 2.24) is 20.5 Å². The predicted molar refractivity (Wildman–Crippen MR) is 166 cm³/mol. The topological polar surface area (TPSA) is 86.5 Å². The van der Waals surface area contributed by atoms with E-state index in [0.717, 1.165) is 65.7 Å². The number of aromatic amines is 1. The zero-order valence-electron chi connectivity index (χ0n) is 24.1. The molecule has 2 fully saturated rings. The number of H-pyrrole nitrogens is 1. The Hall–Kier alpha value is -4.10. The number of hydrogen-bond acceptors (Lipinski definition) is 4. The second-order valence-corrected chi connectivity index (χ2v) is 11.4. The van der Waals surface area contributed by atoms with E-state index in [9.17, 15) is 9.59 Å². The van der Waals surface area contributed by atoms with Crippen molar-refractivity contribution in [2.24, 2.45) is 0 Å². The normalized spacial score (nSPS) is 17.6. The second-order valence-electron chi connectivity index (χ2n) is 11.4. The number of ether oxygens (including phenoxy) is 1. The van der Waals surface area contributed by atoms with Gasteiger partial charge in [0.1, 0.15) is 11.4 Å². The molecule has 3 N–H and O–H groups in total. The molecule has 0 spiro atoms. The highest BCUT2D eigenvalue weighted by Crippen LogP contribution is 2.39. The molecule has 1 aromatic heterocycles. The van der Waals surface area contributed by atoms with Crippen molar-refractivity contribution in [1.29, 1.82) is 0 Å². The highest BCUT2D eigenvalue weighted by Gasteiger charge is 2.27. The van der Waals surface area contributed by atoms with Crippen molar-refractivity contribution < 1.29 is 14.3 Å². The Morgan fingerprint density at radius 3 is 2.52 bits per heavy atom. The monoisotopic (exact) mass is 564 g/mol. The number of benzene rings is 3. The fraction of sp³-hybridized carbons (Fsp3) is 0.371. The molecule has 0 saturated carbocycles. The first-order valence-electron chi connectivity index (χ1n) is 15.3. The van der Waals surface area contributed by atoms with Gasteiger partial charge in [0.15, 0.2) is 0 Å². The minimum absolute atomic E-state index is 0.129. The van der Waals surface area contributed by atoms with Gasteiger partial charge in [-0.2, -0.15) is 0 Å². The van der Waals surface area contributed by atoms with Gasteiger partial charge in [-0.3, -0.25) is 9.59 Å². The highest BCUT2D eigenvalue weighted by molar-refractivity contribution is 6.02. The van der Waals surface area contributed by atoms with Crippen LogP contribution in [0.4, 0.5) is 0 Å². The van der Waals surface area contributed by atoms with Crippen LogP contribution in [0.3, 0.4) is 0 Å². The van der Waals surface area contributed by atoms with Gasteiger partial charge in [0.2, 0.25) is 5.91 Å². The van der Waals surface area contributed by atoms with Crippen LogP contribution in [-0.4, -0.2) is 60.5 Å². The number of para-hydroxylation sites is 1. The average Bonchev–Trinajstić information content (AvgIpc) is 3.78. The third kappa shape index (κ3) is 6.36. The van der Waals surface area contributed by atoms with Gasteiger partial charge in [-0.05, 0) is 68.0 Å². The van der Waals surface area contributed by atoms with E-state index in [1.807, 2.05) is 53.4 Å². The fourth-order valence-corrected chi connectivity index (χ4v) is 6.39. The summed E-state index contributed by atoms with van der Waals surface area (Å²) in [5.74, 6) is 0.793. The van der Waals surface area contributed by atoms with Crippen molar-refractivity contribution in [3.63, 3.8) is 0 Å². The summed E-state index contributed by atoms with van der Waals surface area (Å²) in [6, 6.07) is 27.4. The van der Waals surface area contributed by atoms with Crippen LogP contribution in [0.5, 0.6) is 5.75 Å². The Labute approximate surface area is 247 Å². The Morgan fingerprint density at radius 1 is 0.976 bits per heavy atom. The third-order valence-corrected chi connectivity index (χ3v) is 8.57. The summed E-state index contributed by atoms with van der Waals surface area (Å²) < 4.78 is 6.09. The maximum absolute atomic E-state index is 13.7. The zero-order valence-corrected chi connectivity index (χ0v) is 24.1. The molecular formula is C35H40N4O3. The van der Waals surface area contributed by atoms with E-state index in [4.69, 9.17) is 4.74 Å². The van der Waals surface area contributed by atoms with E-state index in [2.05, 4.69) is 45.9 Å². The number of aromatic nitrogens is 1. The summed E-state index contributed by atoms with van der Waals surface area (Å²) in [6.07, 6.45) is 5.77. The van der Waals surface area contributed by atoms with Crippen molar-refractivity contribution in [3.05, 3.63) is 101 Å². The number of carbonyl (C=O) groups excluding carboxylic acids is 2. The minimum Gasteiger partial charge on any atom is -0.494 e. The molecule has 42 heavy (non-hydrogen) atoms. The largest absolute Gasteiger partial charge is 0.494 e. The summed E-state index contributed by atoms with van der Waals surface area (Å²) in [6.45, 7) is 3.80. The number of rotatable bonds is 12. The molecule has 218 valence electrons. The highest BCUT2D eigenvalue weighted by atomic mass is 16.5. The van der Waals surface area contributed by atoms with Gasteiger partial charge >= 0.3 is 0 Å². The zero-order chi connectivity index (χ0) is 28.7. The van der Waals surface area contributed by atoms with Crippen molar-refractivity contribution in [2.45, 2.75) is 50.5 Å². The fourth-order valence-electron chi connectivity index (χ4n) is 6.39. The van der Waals surface area contributed by atoms with Crippen LogP contribution < -0.4 is 15.4 Å². The predicted octanol–water partition coefficient (Wildman–Crippen LogP) is 5.61. The lowest BCUT2D eigenvalue weighted by molar-refractivity contribution is -0.127. The van der Waals surface area contributed by atoms with Crippen molar-refractivity contribution in [3.8, 4) is 5.75 Å². The molecule has 2 atom stereocenters.